The third-order valence-corrected chi connectivity index (χ3v) is 5.54. The van der Waals surface area contributed by atoms with Crippen LogP contribution in [0.1, 0.15) is 17.3 Å². The van der Waals surface area contributed by atoms with Crippen molar-refractivity contribution in [3.8, 4) is 0 Å². The normalized spacial score (nSPS) is 16.3. The van der Waals surface area contributed by atoms with Crippen LogP contribution < -0.4 is 15.4 Å². The molecule has 1 atom stereocenters. The number of amides is 2. The molecule has 3 rings (SSSR count). The van der Waals surface area contributed by atoms with Crippen LogP contribution >= 0.6 is 0 Å². The number of carbonyl (C=O) groups excluding carboxylic acids is 3. The van der Waals surface area contributed by atoms with Crippen molar-refractivity contribution in [3.63, 3.8) is 0 Å². The summed E-state index contributed by atoms with van der Waals surface area (Å²) in [5.41, 5.74) is 1.02. The lowest BCUT2D eigenvalue weighted by molar-refractivity contribution is -0.128. The van der Waals surface area contributed by atoms with Crippen LogP contribution in [0, 0.1) is 5.92 Å². The summed E-state index contributed by atoms with van der Waals surface area (Å²) in [7, 11) is -2.72. The molecule has 0 radical (unpaired) electrons. The molecule has 2 aromatic rings. The van der Waals surface area contributed by atoms with Gasteiger partial charge in [0.15, 0.2) is 0 Å². The predicted octanol–water partition coefficient (Wildman–Crippen LogP) is 1.80. The van der Waals surface area contributed by atoms with E-state index < -0.39 is 33.7 Å². The quantitative estimate of drug-likeness (QED) is 0.527. The Hall–Kier alpha value is -3.40. The van der Waals surface area contributed by atoms with Crippen LogP contribution in [0.15, 0.2) is 47.4 Å². The van der Waals surface area contributed by atoms with Crippen LogP contribution in [-0.2, 0) is 24.3 Å². The van der Waals surface area contributed by atoms with Gasteiger partial charge in [0, 0.05) is 5.69 Å². The fraction of sp³-hybridized carbons (Fsp3) is 0.167. The SMILES string of the molecule is COC(=O)c1ccc(NS(=O)(=O)c2ccc3c(c2)NC(=O)[C@H](C)C(=O)N3)cc1. The first-order valence-corrected chi connectivity index (χ1v) is 9.66. The molecule has 1 aliphatic rings. The van der Waals surface area contributed by atoms with Gasteiger partial charge in [-0.1, -0.05) is 0 Å². The molecule has 3 N–H and O–H groups in total. The number of carbonyl (C=O) groups is 3. The van der Waals surface area contributed by atoms with E-state index >= 15 is 0 Å². The minimum absolute atomic E-state index is 0.104. The summed E-state index contributed by atoms with van der Waals surface area (Å²) in [5, 5.41) is 5.11. The lowest BCUT2D eigenvalue weighted by atomic mass is 10.1. The number of hydrogen-bond acceptors (Lipinski definition) is 6. The van der Waals surface area contributed by atoms with Crippen LogP contribution in [0.4, 0.5) is 17.1 Å². The molecule has 0 spiro atoms. The minimum atomic E-state index is -3.97. The smallest absolute Gasteiger partial charge is 0.337 e. The molecule has 0 aromatic heterocycles. The third-order valence-electron chi connectivity index (χ3n) is 4.16. The van der Waals surface area contributed by atoms with E-state index in [1.165, 1.54) is 56.5 Å². The van der Waals surface area contributed by atoms with Gasteiger partial charge in [0.05, 0.1) is 28.9 Å². The van der Waals surface area contributed by atoms with Gasteiger partial charge in [-0.2, -0.15) is 0 Å². The molecule has 146 valence electrons. The van der Waals surface area contributed by atoms with Gasteiger partial charge in [-0.3, -0.25) is 14.3 Å². The molecule has 10 heteroatoms. The molecule has 0 aliphatic carbocycles. The lowest BCUT2D eigenvalue weighted by Crippen LogP contribution is -2.28. The highest BCUT2D eigenvalue weighted by atomic mass is 32.2. The number of methoxy groups -OCH3 is 1. The van der Waals surface area contributed by atoms with Crippen molar-refractivity contribution in [1.82, 2.24) is 0 Å². The minimum Gasteiger partial charge on any atom is -0.465 e. The first-order chi connectivity index (χ1) is 13.2. The summed E-state index contributed by atoms with van der Waals surface area (Å²) in [4.78, 5) is 35.2. The molecule has 2 amide bonds. The van der Waals surface area contributed by atoms with Crippen molar-refractivity contribution < 1.29 is 27.5 Å². The van der Waals surface area contributed by atoms with Crippen LogP contribution in [0.25, 0.3) is 0 Å². The highest BCUT2D eigenvalue weighted by Crippen LogP contribution is 2.29. The van der Waals surface area contributed by atoms with Gasteiger partial charge >= 0.3 is 5.97 Å². The van der Waals surface area contributed by atoms with Crippen LogP contribution in [0.2, 0.25) is 0 Å². The maximum atomic E-state index is 12.7. The van der Waals surface area contributed by atoms with Crippen molar-refractivity contribution in [2.45, 2.75) is 11.8 Å². The molecule has 9 nitrogen and oxygen atoms in total. The number of rotatable bonds is 4. The van der Waals surface area contributed by atoms with Crippen molar-refractivity contribution in [2.75, 3.05) is 22.5 Å². The van der Waals surface area contributed by atoms with Gasteiger partial charge in [0.1, 0.15) is 5.92 Å². The summed E-state index contributed by atoms with van der Waals surface area (Å²) in [6.07, 6.45) is 0. The van der Waals surface area contributed by atoms with Crippen molar-refractivity contribution in [1.29, 1.82) is 0 Å². The highest BCUT2D eigenvalue weighted by molar-refractivity contribution is 7.92. The Labute approximate surface area is 161 Å². The molecular weight excluding hydrogens is 386 g/mol. The summed E-state index contributed by atoms with van der Waals surface area (Å²) in [6, 6.07) is 9.69. The van der Waals surface area contributed by atoms with Gasteiger partial charge in [-0.25, -0.2) is 13.2 Å². The van der Waals surface area contributed by atoms with Gasteiger partial charge in [-0.05, 0) is 49.4 Å². The predicted molar refractivity (Wildman–Crippen MR) is 101 cm³/mol. The Morgan fingerprint density at radius 3 is 2.21 bits per heavy atom. The van der Waals surface area contributed by atoms with Crippen molar-refractivity contribution in [3.05, 3.63) is 48.0 Å². The molecule has 0 unspecified atom stereocenters. The van der Waals surface area contributed by atoms with E-state index in [4.69, 9.17) is 0 Å². The molecule has 1 aliphatic heterocycles. The summed E-state index contributed by atoms with van der Waals surface area (Å²) < 4.78 is 32.3. The molecule has 2 aromatic carbocycles. The molecule has 0 saturated heterocycles. The molecule has 0 fully saturated rings. The monoisotopic (exact) mass is 403 g/mol. The largest absolute Gasteiger partial charge is 0.465 e. The molecule has 0 bridgehead atoms. The van der Waals surface area contributed by atoms with Gasteiger partial charge in [0.25, 0.3) is 10.0 Å². The number of fused-ring (bicyclic) bond motifs is 1. The zero-order valence-electron chi connectivity index (χ0n) is 15.0. The number of nitrogens with one attached hydrogen (secondary N) is 3. The average molecular weight is 403 g/mol. The van der Waals surface area contributed by atoms with E-state index in [1.807, 2.05) is 0 Å². The van der Waals surface area contributed by atoms with Crippen molar-refractivity contribution >= 4 is 44.9 Å². The van der Waals surface area contributed by atoms with Gasteiger partial charge in [-0.15, -0.1) is 0 Å². The Balaban J connectivity index is 1.87. The second-order valence-electron chi connectivity index (χ2n) is 6.08. The first-order valence-electron chi connectivity index (χ1n) is 8.18. The van der Waals surface area contributed by atoms with E-state index in [-0.39, 0.29) is 21.8 Å². The molecule has 0 saturated carbocycles. The zero-order chi connectivity index (χ0) is 20.5. The summed E-state index contributed by atoms with van der Waals surface area (Å²) in [6.45, 7) is 1.45. The Morgan fingerprint density at radius 2 is 1.61 bits per heavy atom. The van der Waals surface area contributed by atoms with Crippen LogP contribution in [0.5, 0.6) is 0 Å². The number of benzene rings is 2. The average Bonchev–Trinajstić information content (AvgIpc) is 2.77. The number of esters is 1. The van der Waals surface area contributed by atoms with Gasteiger partial charge < -0.3 is 15.4 Å². The van der Waals surface area contributed by atoms with E-state index in [0.29, 0.717) is 5.69 Å². The van der Waals surface area contributed by atoms with Gasteiger partial charge in [0.2, 0.25) is 11.8 Å². The summed E-state index contributed by atoms with van der Waals surface area (Å²) >= 11 is 0. The van der Waals surface area contributed by atoms with Crippen molar-refractivity contribution in [2.24, 2.45) is 5.92 Å². The maximum Gasteiger partial charge on any atom is 0.337 e. The first kappa shape index (κ1) is 19.4. The Bertz CT molecular complexity index is 1060. The van der Waals surface area contributed by atoms with E-state index in [2.05, 4.69) is 20.1 Å². The van der Waals surface area contributed by atoms with Crippen LogP contribution in [0.3, 0.4) is 0 Å². The Kier molecular flexibility index (Phi) is 5.06. The Morgan fingerprint density at radius 1 is 1.00 bits per heavy atom. The van der Waals surface area contributed by atoms with Crippen LogP contribution in [-0.4, -0.2) is 33.3 Å². The molecule has 28 heavy (non-hydrogen) atoms. The topological polar surface area (TPSA) is 131 Å². The van der Waals surface area contributed by atoms with E-state index in [0.717, 1.165) is 0 Å². The number of sulfonamides is 1. The molecular formula is C18H17N3O6S. The molecule has 1 heterocycles. The number of anilines is 3. The number of hydrogen-bond donors (Lipinski definition) is 3. The third kappa shape index (κ3) is 3.81. The summed E-state index contributed by atoms with van der Waals surface area (Å²) in [5.74, 6) is -2.45. The second-order valence-corrected chi connectivity index (χ2v) is 7.76. The maximum absolute atomic E-state index is 12.7. The second kappa shape index (κ2) is 7.31. The number of ether oxygens (including phenoxy) is 1. The highest BCUT2D eigenvalue weighted by Gasteiger charge is 2.28. The lowest BCUT2D eigenvalue weighted by Gasteiger charge is -2.12. The van der Waals surface area contributed by atoms with E-state index in [9.17, 15) is 22.8 Å². The standard InChI is InChI=1S/C18H17N3O6S/c1-10-16(22)19-14-8-7-13(9-15(14)20-17(10)23)28(25,26)21-12-5-3-11(4-6-12)18(24)27-2/h3-10,21H,1-2H3,(H,19,22)(H,20,23)/t10-/m1/s1. The fourth-order valence-corrected chi connectivity index (χ4v) is 3.59. The fourth-order valence-electron chi connectivity index (χ4n) is 2.51. The zero-order valence-corrected chi connectivity index (χ0v) is 15.8. The van der Waals surface area contributed by atoms with E-state index in [1.54, 1.807) is 0 Å².